The fraction of sp³-hybridized carbons (Fsp3) is 0.167. The molecule has 0 aliphatic rings. The Kier molecular flexibility index (Phi) is 4.91. The molecule has 0 bridgehead atoms. The number of nitrogens with two attached hydrogens (primary N) is 1. The molecular weight excluding hydrogens is 300 g/mol. The molecule has 0 radical (unpaired) electrons. The minimum absolute atomic E-state index is 0.164. The summed E-state index contributed by atoms with van der Waals surface area (Å²) in [5, 5.41) is 8.75. The molecule has 0 saturated heterocycles. The summed E-state index contributed by atoms with van der Waals surface area (Å²) in [6, 6.07) is 4.76. The maximum Gasteiger partial charge on any atom is 0.323 e. The van der Waals surface area contributed by atoms with Crippen molar-refractivity contribution < 1.29 is 14.7 Å². The zero-order valence-corrected chi connectivity index (χ0v) is 11.2. The van der Waals surface area contributed by atoms with E-state index < -0.39 is 11.9 Å². The molecule has 0 aliphatic carbocycles. The Morgan fingerprint density at radius 3 is 2.61 bits per heavy atom. The van der Waals surface area contributed by atoms with Crippen LogP contribution in [0.15, 0.2) is 35.3 Å². The van der Waals surface area contributed by atoms with Crippen LogP contribution in [0.4, 0.5) is 5.69 Å². The van der Waals surface area contributed by atoms with Gasteiger partial charge >= 0.3 is 5.97 Å². The summed E-state index contributed by atoms with van der Waals surface area (Å²) in [7, 11) is 0. The Labute approximate surface area is 113 Å². The summed E-state index contributed by atoms with van der Waals surface area (Å²) < 4.78 is 0.666. The number of anilines is 1. The van der Waals surface area contributed by atoms with Crippen molar-refractivity contribution in [1.29, 1.82) is 0 Å². The van der Waals surface area contributed by atoms with Crippen molar-refractivity contribution in [3.05, 3.63) is 40.9 Å². The molecule has 5 nitrogen and oxygen atoms in total. The van der Waals surface area contributed by atoms with Gasteiger partial charge in [0.1, 0.15) is 6.54 Å². The monoisotopic (exact) mass is 312 g/mol. The number of halogens is 1. The van der Waals surface area contributed by atoms with E-state index in [0.717, 1.165) is 0 Å². The highest BCUT2D eigenvalue weighted by molar-refractivity contribution is 9.10. The number of hydrogen-bond donors (Lipinski definition) is 2. The first kappa shape index (κ1) is 14.2. The normalized spacial score (nSPS) is 9.83. The number of rotatable bonds is 5. The number of carbonyl (C=O) groups excluding carboxylic acids is 1. The second kappa shape index (κ2) is 6.20. The minimum atomic E-state index is -1.08. The van der Waals surface area contributed by atoms with Crippen LogP contribution < -0.4 is 5.73 Å². The highest BCUT2D eigenvalue weighted by Gasteiger charge is 2.17. The molecule has 0 heterocycles. The standard InChI is InChI=1S/C12H13BrN2O3/c1-2-3-15(7-11(16)17)12(18)8-4-9(13)6-10(14)5-8/h2,4-6H,1,3,7,14H2,(H,16,17). The van der Waals surface area contributed by atoms with Gasteiger partial charge in [-0.2, -0.15) is 0 Å². The summed E-state index contributed by atoms with van der Waals surface area (Å²) in [4.78, 5) is 24.0. The lowest BCUT2D eigenvalue weighted by molar-refractivity contribution is -0.137. The quantitative estimate of drug-likeness (QED) is 0.641. The average Bonchev–Trinajstić information content (AvgIpc) is 2.25. The number of aliphatic carboxylic acids is 1. The van der Waals surface area contributed by atoms with E-state index in [1.54, 1.807) is 12.1 Å². The van der Waals surface area contributed by atoms with Crippen LogP contribution in [-0.4, -0.2) is 35.0 Å². The highest BCUT2D eigenvalue weighted by atomic mass is 79.9. The summed E-state index contributed by atoms with van der Waals surface area (Å²) in [5.41, 5.74) is 6.41. The predicted octanol–water partition coefficient (Wildman–Crippen LogP) is 1.74. The molecule has 0 unspecified atom stereocenters. The van der Waals surface area contributed by atoms with Crippen LogP contribution in [0.25, 0.3) is 0 Å². The largest absolute Gasteiger partial charge is 0.480 e. The van der Waals surface area contributed by atoms with Crippen molar-refractivity contribution in [2.75, 3.05) is 18.8 Å². The Bertz CT molecular complexity index is 468. The zero-order valence-electron chi connectivity index (χ0n) is 9.60. The third-order valence-electron chi connectivity index (χ3n) is 2.13. The molecule has 0 spiro atoms. The first-order chi connectivity index (χ1) is 8.43. The van der Waals surface area contributed by atoms with E-state index in [1.807, 2.05) is 0 Å². The first-order valence-corrected chi connectivity index (χ1v) is 5.91. The van der Waals surface area contributed by atoms with E-state index in [0.29, 0.717) is 15.7 Å². The second-order valence-corrected chi connectivity index (χ2v) is 4.56. The maximum atomic E-state index is 12.1. The van der Waals surface area contributed by atoms with Gasteiger partial charge in [0.25, 0.3) is 5.91 Å². The van der Waals surface area contributed by atoms with Gasteiger partial charge in [0.2, 0.25) is 0 Å². The molecule has 0 atom stereocenters. The van der Waals surface area contributed by atoms with Crippen molar-refractivity contribution in [1.82, 2.24) is 4.90 Å². The van der Waals surface area contributed by atoms with Crippen molar-refractivity contribution in [3.8, 4) is 0 Å². The van der Waals surface area contributed by atoms with E-state index in [9.17, 15) is 9.59 Å². The number of carboxylic acid groups (broad SMARTS) is 1. The Morgan fingerprint density at radius 1 is 1.44 bits per heavy atom. The first-order valence-electron chi connectivity index (χ1n) is 5.12. The summed E-state index contributed by atoms with van der Waals surface area (Å²) in [5.74, 6) is -1.47. The van der Waals surface area contributed by atoms with Crippen molar-refractivity contribution in [3.63, 3.8) is 0 Å². The molecule has 0 fully saturated rings. The third kappa shape index (κ3) is 3.89. The van der Waals surface area contributed by atoms with Gasteiger partial charge in [-0.15, -0.1) is 6.58 Å². The molecule has 1 amide bonds. The van der Waals surface area contributed by atoms with Crippen LogP contribution >= 0.6 is 15.9 Å². The second-order valence-electron chi connectivity index (χ2n) is 3.64. The molecule has 1 aromatic rings. The SMILES string of the molecule is C=CCN(CC(=O)O)C(=O)c1cc(N)cc(Br)c1. The number of hydrogen-bond acceptors (Lipinski definition) is 3. The molecule has 0 aromatic heterocycles. The third-order valence-corrected chi connectivity index (χ3v) is 2.59. The minimum Gasteiger partial charge on any atom is -0.480 e. The number of amides is 1. The molecule has 18 heavy (non-hydrogen) atoms. The fourth-order valence-corrected chi connectivity index (χ4v) is 1.97. The summed E-state index contributed by atoms with van der Waals surface area (Å²) >= 11 is 3.23. The lowest BCUT2D eigenvalue weighted by Gasteiger charge is -2.19. The number of carbonyl (C=O) groups is 2. The van der Waals surface area contributed by atoms with Crippen LogP contribution in [0.3, 0.4) is 0 Å². The molecule has 6 heteroatoms. The van der Waals surface area contributed by atoms with Gasteiger partial charge < -0.3 is 15.7 Å². The lowest BCUT2D eigenvalue weighted by atomic mass is 10.1. The van der Waals surface area contributed by atoms with Gasteiger partial charge in [-0.25, -0.2) is 0 Å². The Hall–Kier alpha value is -1.82. The molecule has 3 N–H and O–H groups in total. The molecule has 0 saturated carbocycles. The van der Waals surface area contributed by atoms with Gasteiger partial charge in [-0.3, -0.25) is 9.59 Å². The van der Waals surface area contributed by atoms with Crippen molar-refractivity contribution in [2.24, 2.45) is 0 Å². The Balaban J connectivity index is 3.00. The van der Waals surface area contributed by atoms with E-state index in [2.05, 4.69) is 22.5 Å². The van der Waals surface area contributed by atoms with Crippen LogP contribution in [-0.2, 0) is 4.79 Å². The summed E-state index contributed by atoms with van der Waals surface area (Å²) in [6.07, 6.45) is 1.47. The van der Waals surface area contributed by atoms with Crippen LogP contribution in [0.5, 0.6) is 0 Å². The zero-order chi connectivity index (χ0) is 13.7. The summed E-state index contributed by atoms with van der Waals surface area (Å²) in [6.45, 7) is 3.28. The highest BCUT2D eigenvalue weighted by Crippen LogP contribution is 2.18. The molecule has 0 aliphatic heterocycles. The van der Waals surface area contributed by atoms with E-state index in [1.165, 1.54) is 17.0 Å². The number of benzene rings is 1. The van der Waals surface area contributed by atoms with Gasteiger partial charge in [0.15, 0.2) is 0 Å². The maximum absolute atomic E-state index is 12.1. The Morgan fingerprint density at radius 2 is 2.11 bits per heavy atom. The van der Waals surface area contributed by atoms with Crippen LogP contribution in [0, 0.1) is 0 Å². The average molecular weight is 313 g/mol. The number of nitrogen functional groups attached to an aromatic ring is 1. The van der Waals surface area contributed by atoms with Crippen LogP contribution in [0.1, 0.15) is 10.4 Å². The van der Waals surface area contributed by atoms with Gasteiger partial charge in [0, 0.05) is 22.3 Å². The molecular formula is C12H13BrN2O3. The fourth-order valence-electron chi connectivity index (χ4n) is 1.46. The van der Waals surface area contributed by atoms with Crippen molar-refractivity contribution in [2.45, 2.75) is 0 Å². The van der Waals surface area contributed by atoms with Gasteiger partial charge in [-0.05, 0) is 18.2 Å². The number of carboxylic acids is 1. The topological polar surface area (TPSA) is 83.6 Å². The number of nitrogens with zero attached hydrogens (tertiary/aromatic N) is 1. The van der Waals surface area contributed by atoms with Crippen molar-refractivity contribution >= 4 is 33.5 Å². The molecule has 1 rings (SSSR count). The van der Waals surface area contributed by atoms with E-state index in [-0.39, 0.29) is 13.1 Å². The predicted molar refractivity (Wildman–Crippen MR) is 72.3 cm³/mol. The molecule has 1 aromatic carbocycles. The van der Waals surface area contributed by atoms with Gasteiger partial charge in [0.05, 0.1) is 0 Å². The van der Waals surface area contributed by atoms with E-state index in [4.69, 9.17) is 10.8 Å². The molecule has 96 valence electrons. The lowest BCUT2D eigenvalue weighted by Crippen LogP contribution is -2.35. The van der Waals surface area contributed by atoms with Crippen LogP contribution in [0.2, 0.25) is 0 Å². The van der Waals surface area contributed by atoms with E-state index >= 15 is 0 Å². The smallest absolute Gasteiger partial charge is 0.323 e. The van der Waals surface area contributed by atoms with Gasteiger partial charge in [-0.1, -0.05) is 22.0 Å².